The SMILES string of the molecule is CNC(=O)C1(Cc2ccc(-c3cccs3)cc2)CCN(C(=O)Cc2cccc(F)c2)C1. The molecular weight excluding hydrogens is 411 g/mol. The third kappa shape index (κ3) is 4.69. The molecule has 6 heteroatoms. The van der Waals surface area contributed by atoms with Crippen LogP contribution >= 0.6 is 11.3 Å². The van der Waals surface area contributed by atoms with Crippen LogP contribution < -0.4 is 5.32 Å². The van der Waals surface area contributed by atoms with Crippen molar-refractivity contribution in [1.82, 2.24) is 10.2 Å². The van der Waals surface area contributed by atoms with E-state index in [2.05, 4.69) is 41.0 Å². The number of likely N-dealkylation sites (tertiary alicyclic amines) is 1. The molecule has 0 spiro atoms. The van der Waals surface area contributed by atoms with Gasteiger partial charge in [-0.3, -0.25) is 9.59 Å². The maximum absolute atomic E-state index is 13.5. The maximum atomic E-state index is 13.5. The number of carbonyl (C=O) groups excluding carboxylic acids is 2. The van der Waals surface area contributed by atoms with E-state index >= 15 is 0 Å². The first kappa shape index (κ1) is 21.2. The number of nitrogens with zero attached hydrogens (tertiary/aromatic N) is 1. The van der Waals surface area contributed by atoms with Crippen molar-refractivity contribution in [2.45, 2.75) is 19.3 Å². The van der Waals surface area contributed by atoms with Crippen LogP contribution in [0.25, 0.3) is 10.4 Å². The van der Waals surface area contributed by atoms with Gasteiger partial charge in [-0.1, -0.05) is 42.5 Å². The second-order valence-corrected chi connectivity index (χ2v) is 9.03. The standard InChI is InChI=1S/C25H25FN2O2S/c1-27-24(30)25(16-18-7-9-20(10-8-18)22-6-3-13-31-22)11-12-28(17-25)23(29)15-19-4-2-5-21(26)14-19/h2-10,13-14H,11-12,15-17H2,1H3,(H,27,30). The van der Waals surface area contributed by atoms with Crippen LogP contribution in [-0.4, -0.2) is 36.9 Å². The first-order chi connectivity index (χ1) is 15.0. The lowest BCUT2D eigenvalue weighted by Crippen LogP contribution is -2.44. The van der Waals surface area contributed by atoms with Crippen LogP contribution in [0.4, 0.5) is 4.39 Å². The zero-order valence-electron chi connectivity index (χ0n) is 17.4. The van der Waals surface area contributed by atoms with E-state index in [1.807, 2.05) is 6.07 Å². The fourth-order valence-corrected chi connectivity index (χ4v) is 5.05. The first-order valence-electron chi connectivity index (χ1n) is 10.4. The molecule has 0 aliphatic carbocycles. The topological polar surface area (TPSA) is 49.4 Å². The Morgan fingerprint density at radius 2 is 1.90 bits per heavy atom. The highest BCUT2D eigenvalue weighted by Gasteiger charge is 2.45. The molecule has 1 atom stereocenters. The molecule has 160 valence electrons. The van der Waals surface area contributed by atoms with Gasteiger partial charge in [0.1, 0.15) is 5.82 Å². The molecule has 1 fully saturated rings. The number of thiophene rings is 1. The summed E-state index contributed by atoms with van der Waals surface area (Å²) in [5.41, 5.74) is 2.22. The van der Waals surface area contributed by atoms with Gasteiger partial charge in [-0.2, -0.15) is 0 Å². The minimum absolute atomic E-state index is 0.0455. The molecule has 0 saturated carbocycles. The Bertz CT molecular complexity index is 1070. The van der Waals surface area contributed by atoms with Crippen molar-refractivity contribution >= 4 is 23.2 Å². The Balaban J connectivity index is 1.48. The van der Waals surface area contributed by atoms with E-state index in [1.54, 1.807) is 35.4 Å². The van der Waals surface area contributed by atoms with Gasteiger partial charge in [0.25, 0.3) is 0 Å². The smallest absolute Gasteiger partial charge is 0.228 e. The Morgan fingerprint density at radius 3 is 2.58 bits per heavy atom. The molecule has 2 aromatic carbocycles. The van der Waals surface area contributed by atoms with E-state index in [-0.39, 0.29) is 24.1 Å². The van der Waals surface area contributed by atoms with Crippen LogP contribution in [0.15, 0.2) is 66.0 Å². The van der Waals surface area contributed by atoms with Crippen LogP contribution in [-0.2, 0) is 22.4 Å². The van der Waals surface area contributed by atoms with Crippen LogP contribution in [0.1, 0.15) is 17.5 Å². The van der Waals surface area contributed by atoms with Crippen molar-refractivity contribution in [3.63, 3.8) is 0 Å². The van der Waals surface area contributed by atoms with E-state index in [0.29, 0.717) is 31.5 Å². The predicted octanol–water partition coefficient (Wildman–Crippen LogP) is 4.30. The van der Waals surface area contributed by atoms with Gasteiger partial charge in [0.15, 0.2) is 0 Å². The van der Waals surface area contributed by atoms with Gasteiger partial charge < -0.3 is 10.2 Å². The summed E-state index contributed by atoms with van der Waals surface area (Å²) in [6.45, 7) is 0.891. The summed E-state index contributed by atoms with van der Waals surface area (Å²) in [6, 6.07) is 18.5. The Morgan fingerprint density at radius 1 is 1.10 bits per heavy atom. The molecule has 2 heterocycles. The van der Waals surface area contributed by atoms with Crippen molar-refractivity contribution in [2.75, 3.05) is 20.1 Å². The number of benzene rings is 2. The molecule has 1 saturated heterocycles. The molecule has 0 radical (unpaired) electrons. The minimum Gasteiger partial charge on any atom is -0.359 e. The highest BCUT2D eigenvalue weighted by molar-refractivity contribution is 7.13. The summed E-state index contributed by atoms with van der Waals surface area (Å²) >= 11 is 1.70. The van der Waals surface area contributed by atoms with Crippen molar-refractivity contribution in [2.24, 2.45) is 5.41 Å². The molecule has 1 aliphatic heterocycles. The second kappa shape index (κ2) is 9.02. The fraction of sp³-hybridized carbons (Fsp3) is 0.280. The van der Waals surface area contributed by atoms with Crippen LogP contribution in [0.5, 0.6) is 0 Å². The van der Waals surface area contributed by atoms with E-state index in [9.17, 15) is 14.0 Å². The second-order valence-electron chi connectivity index (χ2n) is 8.08. The number of rotatable bonds is 6. The maximum Gasteiger partial charge on any atom is 0.228 e. The molecule has 31 heavy (non-hydrogen) atoms. The van der Waals surface area contributed by atoms with Gasteiger partial charge in [-0.05, 0) is 53.1 Å². The quantitative estimate of drug-likeness (QED) is 0.626. The summed E-state index contributed by atoms with van der Waals surface area (Å²) in [4.78, 5) is 28.6. The van der Waals surface area contributed by atoms with E-state index in [1.165, 1.54) is 17.0 Å². The molecule has 1 unspecified atom stereocenters. The summed E-state index contributed by atoms with van der Waals surface area (Å²) in [5.74, 6) is -0.474. The summed E-state index contributed by atoms with van der Waals surface area (Å²) < 4.78 is 13.5. The molecule has 1 aromatic heterocycles. The Kier molecular flexibility index (Phi) is 6.18. The minimum atomic E-state index is -0.656. The number of halogens is 1. The zero-order chi connectivity index (χ0) is 21.8. The zero-order valence-corrected chi connectivity index (χ0v) is 18.3. The lowest BCUT2D eigenvalue weighted by Gasteiger charge is -2.28. The van der Waals surface area contributed by atoms with Crippen molar-refractivity contribution in [3.05, 3.63) is 83.0 Å². The van der Waals surface area contributed by atoms with Crippen molar-refractivity contribution in [1.29, 1.82) is 0 Å². The van der Waals surface area contributed by atoms with Crippen LogP contribution in [0, 0.1) is 11.2 Å². The Labute approximate surface area is 185 Å². The average Bonchev–Trinajstić information content (AvgIpc) is 3.45. The summed E-state index contributed by atoms with van der Waals surface area (Å²) in [6.07, 6.45) is 1.31. The molecule has 0 bridgehead atoms. The van der Waals surface area contributed by atoms with Gasteiger partial charge in [-0.15, -0.1) is 11.3 Å². The highest BCUT2D eigenvalue weighted by atomic mass is 32.1. The number of amides is 2. The van der Waals surface area contributed by atoms with Gasteiger partial charge in [0.2, 0.25) is 11.8 Å². The van der Waals surface area contributed by atoms with Gasteiger partial charge in [0.05, 0.1) is 11.8 Å². The molecule has 4 nitrogen and oxygen atoms in total. The van der Waals surface area contributed by atoms with Gasteiger partial charge >= 0.3 is 0 Å². The Hall–Kier alpha value is -2.99. The van der Waals surface area contributed by atoms with E-state index < -0.39 is 5.41 Å². The third-order valence-corrected chi connectivity index (χ3v) is 6.88. The van der Waals surface area contributed by atoms with Gasteiger partial charge in [-0.25, -0.2) is 4.39 Å². The van der Waals surface area contributed by atoms with Crippen molar-refractivity contribution in [3.8, 4) is 10.4 Å². The summed E-state index contributed by atoms with van der Waals surface area (Å²) in [5, 5.41) is 4.85. The lowest BCUT2D eigenvalue weighted by molar-refractivity contribution is -0.132. The fourth-order valence-electron chi connectivity index (χ4n) is 4.31. The molecule has 2 amide bonds. The van der Waals surface area contributed by atoms with Crippen molar-refractivity contribution < 1.29 is 14.0 Å². The van der Waals surface area contributed by atoms with Crippen LogP contribution in [0.2, 0.25) is 0 Å². The third-order valence-electron chi connectivity index (χ3n) is 5.96. The first-order valence-corrected chi connectivity index (χ1v) is 11.2. The summed E-state index contributed by atoms with van der Waals surface area (Å²) in [7, 11) is 1.64. The van der Waals surface area contributed by atoms with Crippen LogP contribution in [0.3, 0.4) is 0 Å². The predicted molar refractivity (Wildman–Crippen MR) is 121 cm³/mol. The number of carbonyl (C=O) groups is 2. The average molecular weight is 437 g/mol. The van der Waals surface area contributed by atoms with Gasteiger partial charge in [0, 0.05) is 25.0 Å². The molecule has 4 rings (SSSR count). The molecule has 1 N–H and O–H groups in total. The van der Waals surface area contributed by atoms with E-state index in [0.717, 1.165) is 11.1 Å². The normalized spacial score (nSPS) is 18.2. The molecular formula is C25H25FN2O2S. The molecule has 1 aliphatic rings. The number of nitrogens with one attached hydrogen (secondary N) is 1. The largest absolute Gasteiger partial charge is 0.359 e. The highest BCUT2D eigenvalue weighted by Crippen LogP contribution is 2.36. The monoisotopic (exact) mass is 436 g/mol. The number of hydrogen-bond donors (Lipinski definition) is 1. The molecule has 3 aromatic rings. The number of hydrogen-bond acceptors (Lipinski definition) is 3. The lowest BCUT2D eigenvalue weighted by atomic mass is 9.79. The van der Waals surface area contributed by atoms with E-state index in [4.69, 9.17) is 0 Å².